The number of carbonyl (C=O) groups is 2. The number of benzene rings is 2. The number of thiazole rings is 1. The molecule has 0 saturated carbocycles. The Balaban J connectivity index is 1.53. The minimum absolute atomic E-state index is 0.128. The molecule has 0 atom stereocenters. The van der Waals surface area contributed by atoms with Gasteiger partial charge in [0.05, 0.1) is 22.6 Å². The summed E-state index contributed by atoms with van der Waals surface area (Å²) in [4.78, 5) is 29.6. The molecule has 158 valence electrons. The van der Waals surface area contributed by atoms with Gasteiger partial charge in [-0.25, -0.2) is 9.99 Å². The van der Waals surface area contributed by atoms with Gasteiger partial charge in [-0.2, -0.15) is 5.10 Å². The number of aromatic nitrogens is 1. The Labute approximate surface area is 184 Å². The van der Waals surface area contributed by atoms with Crippen molar-refractivity contribution in [2.75, 3.05) is 10.3 Å². The molecule has 1 N–H and O–H groups in total. The van der Waals surface area contributed by atoms with Crippen LogP contribution in [0.4, 0.5) is 11.4 Å². The van der Waals surface area contributed by atoms with Gasteiger partial charge in [0.25, 0.3) is 5.91 Å². The molecule has 0 saturated heterocycles. The minimum Gasteiger partial charge on any atom is -0.485 e. The molecule has 0 unspecified atom stereocenters. The Kier molecular flexibility index (Phi) is 6.08. The van der Waals surface area contributed by atoms with E-state index in [-0.39, 0.29) is 24.7 Å². The highest BCUT2D eigenvalue weighted by molar-refractivity contribution is 7.07. The number of para-hydroxylation sites is 2. The fourth-order valence-corrected chi connectivity index (χ4v) is 3.75. The topological polar surface area (TPSA) is 83.9 Å². The zero-order chi connectivity index (χ0) is 21.8. The molecule has 8 heteroatoms. The first-order valence-electron chi connectivity index (χ1n) is 9.89. The second-order valence-corrected chi connectivity index (χ2v) is 7.98. The number of hydrogen-bond donors (Lipinski definition) is 1. The number of nitrogens with one attached hydrogen (secondary N) is 1. The number of nitrogens with zero attached hydrogens (tertiary/aromatic N) is 3. The number of carbonyl (C=O) groups excluding carboxylic acids is 2. The summed E-state index contributed by atoms with van der Waals surface area (Å²) in [5.41, 5.74) is 6.05. The Bertz CT molecular complexity index is 1140. The third-order valence-electron chi connectivity index (χ3n) is 4.88. The molecule has 4 rings (SSSR count). The molecule has 0 spiro atoms. The van der Waals surface area contributed by atoms with E-state index in [0.29, 0.717) is 29.4 Å². The smallest absolute Gasteiger partial charge is 0.271 e. The molecule has 7 nitrogen and oxygen atoms in total. The van der Waals surface area contributed by atoms with Gasteiger partial charge in [-0.15, -0.1) is 11.3 Å². The molecule has 0 radical (unpaired) electrons. The van der Waals surface area contributed by atoms with Crippen LogP contribution in [0.2, 0.25) is 0 Å². The number of ether oxygens (including phenoxy) is 1. The Morgan fingerprint density at radius 2 is 2.03 bits per heavy atom. The van der Waals surface area contributed by atoms with Crippen molar-refractivity contribution in [2.24, 2.45) is 5.10 Å². The summed E-state index contributed by atoms with van der Waals surface area (Å²) >= 11 is 1.50. The molecular formula is C23H22N4O3S. The molecule has 2 amide bonds. The van der Waals surface area contributed by atoms with Gasteiger partial charge in [0.15, 0.2) is 0 Å². The van der Waals surface area contributed by atoms with Crippen molar-refractivity contribution < 1.29 is 14.3 Å². The molecule has 0 aliphatic carbocycles. The van der Waals surface area contributed by atoms with Crippen LogP contribution in [0.15, 0.2) is 58.5 Å². The third-order valence-corrected chi connectivity index (χ3v) is 5.52. The lowest BCUT2D eigenvalue weighted by molar-refractivity contribution is -0.118. The summed E-state index contributed by atoms with van der Waals surface area (Å²) in [6.45, 7) is 4.19. The van der Waals surface area contributed by atoms with Crippen LogP contribution in [0.3, 0.4) is 0 Å². The highest BCUT2D eigenvalue weighted by Crippen LogP contribution is 2.27. The third kappa shape index (κ3) is 4.80. The van der Waals surface area contributed by atoms with E-state index in [2.05, 4.69) is 15.4 Å². The predicted molar refractivity (Wildman–Crippen MR) is 122 cm³/mol. The zero-order valence-electron chi connectivity index (χ0n) is 17.3. The number of aryl methyl sites for hydroxylation is 2. The molecule has 31 heavy (non-hydrogen) atoms. The quantitative estimate of drug-likeness (QED) is 0.621. The van der Waals surface area contributed by atoms with Crippen molar-refractivity contribution >= 4 is 40.2 Å². The molecule has 0 bridgehead atoms. The maximum Gasteiger partial charge on any atom is 0.271 e. The Hall–Kier alpha value is -3.52. The fourth-order valence-electron chi connectivity index (χ4n) is 3.20. The van der Waals surface area contributed by atoms with Gasteiger partial charge in [-0.1, -0.05) is 24.3 Å². The largest absolute Gasteiger partial charge is 0.485 e. The first kappa shape index (κ1) is 20.7. The molecular weight excluding hydrogens is 412 g/mol. The summed E-state index contributed by atoms with van der Waals surface area (Å²) in [5.74, 6) is 0.0625. The summed E-state index contributed by atoms with van der Waals surface area (Å²) in [7, 11) is 0. The van der Waals surface area contributed by atoms with Gasteiger partial charge in [-0.05, 0) is 43.2 Å². The van der Waals surface area contributed by atoms with Gasteiger partial charge in [-0.3, -0.25) is 9.59 Å². The maximum atomic E-state index is 12.9. The maximum absolute atomic E-state index is 12.9. The average Bonchev–Trinajstić information content (AvgIpc) is 3.29. The molecule has 3 aromatic rings. The van der Waals surface area contributed by atoms with Crippen LogP contribution in [0.5, 0.6) is 5.75 Å². The van der Waals surface area contributed by atoms with Crippen molar-refractivity contribution in [3.63, 3.8) is 0 Å². The Morgan fingerprint density at radius 1 is 1.19 bits per heavy atom. The van der Waals surface area contributed by atoms with Crippen LogP contribution < -0.4 is 15.1 Å². The number of hydrazone groups is 1. The zero-order valence-corrected chi connectivity index (χ0v) is 18.1. The number of anilines is 2. The van der Waals surface area contributed by atoms with Crippen molar-refractivity contribution in [1.29, 1.82) is 0 Å². The van der Waals surface area contributed by atoms with Crippen LogP contribution in [0, 0.1) is 13.8 Å². The van der Waals surface area contributed by atoms with Gasteiger partial charge >= 0.3 is 0 Å². The van der Waals surface area contributed by atoms with Gasteiger partial charge in [0.2, 0.25) is 5.91 Å². The predicted octanol–water partition coefficient (Wildman–Crippen LogP) is 4.46. The summed E-state index contributed by atoms with van der Waals surface area (Å²) in [5, 5.41) is 10.5. The summed E-state index contributed by atoms with van der Waals surface area (Å²) < 4.78 is 5.83. The van der Waals surface area contributed by atoms with Crippen molar-refractivity contribution in [1.82, 2.24) is 4.98 Å². The summed E-state index contributed by atoms with van der Waals surface area (Å²) in [6, 6.07) is 13.0. The second-order valence-electron chi connectivity index (χ2n) is 7.26. The minimum atomic E-state index is -0.354. The van der Waals surface area contributed by atoms with E-state index >= 15 is 0 Å². The monoisotopic (exact) mass is 434 g/mol. The van der Waals surface area contributed by atoms with Crippen molar-refractivity contribution in [3.05, 3.63) is 70.2 Å². The van der Waals surface area contributed by atoms with E-state index in [4.69, 9.17) is 4.74 Å². The average molecular weight is 435 g/mol. The molecule has 2 aromatic carbocycles. The highest BCUT2D eigenvalue weighted by atomic mass is 32.1. The van der Waals surface area contributed by atoms with Gasteiger partial charge < -0.3 is 10.1 Å². The molecule has 1 aromatic heterocycles. The lowest BCUT2D eigenvalue weighted by Gasteiger charge is -2.25. The van der Waals surface area contributed by atoms with Crippen LogP contribution in [0.25, 0.3) is 0 Å². The van der Waals surface area contributed by atoms with Crippen LogP contribution >= 0.6 is 11.3 Å². The molecule has 2 heterocycles. The lowest BCUT2D eigenvalue weighted by Crippen LogP contribution is -2.36. The first-order chi connectivity index (χ1) is 15.0. The number of rotatable bonds is 6. The molecule has 1 aliphatic heterocycles. The normalized spacial score (nSPS) is 13.7. The standard InChI is InChI=1S/C23H22N4O3S/c1-15-7-8-16(2)20(11-15)27-22(28)10-9-19(26-27)23(29)25-18-5-3-4-6-21(18)30-12-17-13-31-14-24-17/h3-8,11,13-14H,9-10,12H2,1-2H3,(H,25,29). The lowest BCUT2D eigenvalue weighted by atomic mass is 10.1. The number of amides is 2. The van der Waals surface area contributed by atoms with Crippen LogP contribution in [-0.2, 0) is 16.2 Å². The van der Waals surface area contributed by atoms with E-state index in [1.165, 1.54) is 16.3 Å². The molecule has 1 aliphatic rings. The van der Waals surface area contributed by atoms with Crippen molar-refractivity contribution in [2.45, 2.75) is 33.3 Å². The van der Waals surface area contributed by atoms with Crippen LogP contribution in [-0.4, -0.2) is 22.5 Å². The fraction of sp³-hybridized carbons (Fsp3) is 0.217. The SMILES string of the molecule is Cc1ccc(C)c(N2N=C(C(=O)Nc3ccccc3OCc3cscn3)CCC2=O)c1. The van der Waals surface area contributed by atoms with Gasteiger partial charge in [0, 0.05) is 18.2 Å². The highest BCUT2D eigenvalue weighted by Gasteiger charge is 2.27. The second kappa shape index (κ2) is 9.09. The van der Waals surface area contributed by atoms with E-state index in [1.54, 1.807) is 17.6 Å². The number of hydrogen-bond acceptors (Lipinski definition) is 6. The van der Waals surface area contributed by atoms with Gasteiger partial charge in [0.1, 0.15) is 18.1 Å². The van der Waals surface area contributed by atoms with E-state index in [9.17, 15) is 9.59 Å². The van der Waals surface area contributed by atoms with E-state index < -0.39 is 0 Å². The molecule has 0 fully saturated rings. The van der Waals surface area contributed by atoms with Crippen LogP contribution in [0.1, 0.15) is 29.7 Å². The first-order valence-corrected chi connectivity index (χ1v) is 10.8. The van der Waals surface area contributed by atoms with E-state index in [1.807, 2.05) is 49.6 Å². The van der Waals surface area contributed by atoms with E-state index in [0.717, 1.165) is 16.8 Å². The summed E-state index contributed by atoms with van der Waals surface area (Å²) in [6.07, 6.45) is 0.509. The Morgan fingerprint density at radius 3 is 2.84 bits per heavy atom. The van der Waals surface area contributed by atoms with Crippen molar-refractivity contribution in [3.8, 4) is 5.75 Å².